The third-order valence-corrected chi connectivity index (χ3v) is 2.92. The molecule has 92 valence electrons. The summed E-state index contributed by atoms with van der Waals surface area (Å²) in [6.07, 6.45) is 1.69. The van der Waals surface area contributed by atoms with E-state index < -0.39 is 0 Å². The van der Waals surface area contributed by atoms with Crippen molar-refractivity contribution >= 4 is 16.7 Å². The van der Waals surface area contributed by atoms with Crippen LogP contribution >= 0.6 is 0 Å². The second-order valence-corrected chi connectivity index (χ2v) is 4.16. The van der Waals surface area contributed by atoms with Crippen LogP contribution in [0, 0.1) is 0 Å². The lowest BCUT2D eigenvalue weighted by molar-refractivity contribution is 1.29. The quantitative estimate of drug-likeness (QED) is 0.718. The first-order valence-corrected chi connectivity index (χ1v) is 5.87. The van der Waals surface area contributed by atoms with Crippen molar-refractivity contribution in [1.29, 1.82) is 0 Å². The Hall–Kier alpha value is -2.75. The van der Waals surface area contributed by atoms with Gasteiger partial charge in [0.05, 0.1) is 11.4 Å². The number of aromatic nitrogens is 2. The second kappa shape index (κ2) is 4.49. The standard InChI is InChI=1S/C15H11N3O/c16-14-11(5-1-2-6-13(14)19)12-8-7-10-4-3-9-17-15(10)18-12/h1-9H,(H2,16,19). The average Bonchev–Trinajstić information content (AvgIpc) is 2.61. The minimum Gasteiger partial charge on any atom is -0.395 e. The van der Waals surface area contributed by atoms with Gasteiger partial charge in [0, 0.05) is 17.1 Å². The fourth-order valence-corrected chi connectivity index (χ4v) is 1.93. The van der Waals surface area contributed by atoms with Gasteiger partial charge >= 0.3 is 0 Å². The molecular formula is C15H11N3O. The lowest BCUT2D eigenvalue weighted by Gasteiger charge is -2.02. The molecule has 0 radical (unpaired) electrons. The number of rotatable bonds is 1. The predicted molar refractivity (Wildman–Crippen MR) is 75.7 cm³/mol. The Morgan fingerprint density at radius 1 is 0.947 bits per heavy atom. The molecule has 4 nitrogen and oxygen atoms in total. The molecule has 3 aromatic rings. The van der Waals surface area contributed by atoms with Crippen molar-refractivity contribution in [3.8, 4) is 11.3 Å². The van der Waals surface area contributed by atoms with Crippen LogP contribution < -0.4 is 11.2 Å². The van der Waals surface area contributed by atoms with Crippen LogP contribution in [-0.4, -0.2) is 9.97 Å². The molecule has 2 aromatic heterocycles. The number of hydrogen-bond acceptors (Lipinski definition) is 4. The summed E-state index contributed by atoms with van der Waals surface area (Å²) in [7, 11) is 0. The first-order chi connectivity index (χ1) is 9.25. The largest absolute Gasteiger partial charge is 0.395 e. The summed E-state index contributed by atoms with van der Waals surface area (Å²) in [5.41, 5.74) is 7.78. The van der Waals surface area contributed by atoms with Gasteiger partial charge in [-0.1, -0.05) is 18.2 Å². The van der Waals surface area contributed by atoms with Gasteiger partial charge in [0.25, 0.3) is 0 Å². The molecule has 0 aliphatic carbocycles. The van der Waals surface area contributed by atoms with Crippen LogP contribution in [0.2, 0.25) is 0 Å². The van der Waals surface area contributed by atoms with Crippen molar-refractivity contribution < 1.29 is 0 Å². The zero-order chi connectivity index (χ0) is 13.2. The first-order valence-electron chi connectivity index (χ1n) is 5.87. The number of nitrogens with zero attached hydrogens (tertiary/aromatic N) is 2. The molecular weight excluding hydrogens is 238 g/mol. The summed E-state index contributed by atoms with van der Waals surface area (Å²) in [6.45, 7) is 0. The van der Waals surface area contributed by atoms with E-state index in [4.69, 9.17) is 5.73 Å². The van der Waals surface area contributed by atoms with E-state index in [9.17, 15) is 4.79 Å². The maximum atomic E-state index is 11.7. The van der Waals surface area contributed by atoms with Crippen molar-refractivity contribution in [3.63, 3.8) is 0 Å². The Kier molecular flexibility index (Phi) is 2.68. The summed E-state index contributed by atoms with van der Waals surface area (Å²) in [4.78, 5) is 20.4. The second-order valence-electron chi connectivity index (χ2n) is 4.16. The van der Waals surface area contributed by atoms with Crippen molar-refractivity contribution in [2.24, 2.45) is 0 Å². The Morgan fingerprint density at radius 3 is 2.68 bits per heavy atom. The number of fused-ring (bicyclic) bond motifs is 1. The Labute approximate surface area is 109 Å². The maximum Gasteiger partial charge on any atom is 0.202 e. The molecule has 1 aromatic carbocycles. The Morgan fingerprint density at radius 2 is 1.79 bits per heavy atom. The zero-order valence-corrected chi connectivity index (χ0v) is 10.1. The summed E-state index contributed by atoms with van der Waals surface area (Å²) in [5.74, 6) is 0. The van der Waals surface area contributed by atoms with Gasteiger partial charge in [-0.2, -0.15) is 0 Å². The van der Waals surface area contributed by atoms with Gasteiger partial charge in [-0.3, -0.25) is 4.79 Å². The minimum absolute atomic E-state index is 0.202. The van der Waals surface area contributed by atoms with Gasteiger partial charge in [0.15, 0.2) is 5.65 Å². The molecule has 4 heteroatoms. The fourth-order valence-electron chi connectivity index (χ4n) is 1.93. The Balaban J connectivity index is 2.28. The molecule has 0 fully saturated rings. The van der Waals surface area contributed by atoms with E-state index in [0.717, 1.165) is 5.39 Å². The SMILES string of the molecule is Nc1c(-c2ccc3cccnc3n2)ccccc1=O. The maximum absolute atomic E-state index is 11.7. The van der Waals surface area contributed by atoms with Crippen LogP contribution in [0.15, 0.2) is 59.5 Å². The van der Waals surface area contributed by atoms with Crippen LogP contribution in [0.1, 0.15) is 0 Å². The number of nitrogens with two attached hydrogens (primary N) is 1. The predicted octanol–water partition coefficient (Wildman–Crippen LogP) is 2.24. The third-order valence-electron chi connectivity index (χ3n) is 2.92. The highest BCUT2D eigenvalue weighted by Gasteiger charge is 2.06. The number of pyridine rings is 2. The van der Waals surface area contributed by atoms with Crippen molar-refractivity contribution in [1.82, 2.24) is 9.97 Å². The van der Waals surface area contributed by atoms with E-state index in [-0.39, 0.29) is 11.1 Å². The van der Waals surface area contributed by atoms with E-state index in [1.54, 1.807) is 24.4 Å². The van der Waals surface area contributed by atoms with E-state index in [2.05, 4.69) is 9.97 Å². The fraction of sp³-hybridized carbons (Fsp3) is 0. The molecule has 0 saturated carbocycles. The molecule has 0 spiro atoms. The summed E-state index contributed by atoms with van der Waals surface area (Å²) in [6, 6.07) is 14.2. The molecule has 2 N–H and O–H groups in total. The highest BCUT2D eigenvalue weighted by atomic mass is 16.1. The minimum atomic E-state index is -0.206. The molecule has 19 heavy (non-hydrogen) atoms. The lowest BCUT2D eigenvalue weighted by atomic mass is 10.1. The molecule has 0 saturated heterocycles. The van der Waals surface area contributed by atoms with Gasteiger partial charge in [0.1, 0.15) is 0 Å². The van der Waals surface area contributed by atoms with E-state index >= 15 is 0 Å². The summed E-state index contributed by atoms with van der Waals surface area (Å²) in [5, 5.41) is 0.951. The molecule has 0 amide bonds. The van der Waals surface area contributed by atoms with Gasteiger partial charge in [-0.05, 0) is 30.3 Å². The molecule has 0 unspecified atom stereocenters. The lowest BCUT2D eigenvalue weighted by Crippen LogP contribution is -2.05. The van der Waals surface area contributed by atoms with Gasteiger partial charge in [-0.15, -0.1) is 0 Å². The first kappa shape index (κ1) is 11.3. The van der Waals surface area contributed by atoms with Gasteiger partial charge in [0.2, 0.25) is 5.43 Å². The molecule has 0 atom stereocenters. The van der Waals surface area contributed by atoms with Crippen molar-refractivity contribution in [2.45, 2.75) is 0 Å². The summed E-state index contributed by atoms with van der Waals surface area (Å²) >= 11 is 0. The van der Waals surface area contributed by atoms with Crippen LogP contribution in [-0.2, 0) is 0 Å². The molecule has 2 heterocycles. The number of nitrogen functional groups attached to an aromatic ring is 1. The Bertz CT molecular complexity index is 815. The van der Waals surface area contributed by atoms with Crippen LogP contribution in [0.5, 0.6) is 0 Å². The van der Waals surface area contributed by atoms with E-state index in [1.807, 2.05) is 24.3 Å². The molecule has 3 rings (SSSR count). The number of anilines is 1. The summed E-state index contributed by atoms with van der Waals surface area (Å²) < 4.78 is 0. The van der Waals surface area contributed by atoms with Crippen LogP contribution in [0.3, 0.4) is 0 Å². The highest BCUT2D eigenvalue weighted by Crippen LogP contribution is 2.22. The number of hydrogen-bond donors (Lipinski definition) is 1. The third kappa shape index (κ3) is 2.04. The van der Waals surface area contributed by atoms with Crippen LogP contribution in [0.25, 0.3) is 22.3 Å². The molecule has 0 bridgehead atoms. The van der Waals surface area contributed by atoms with Crippen molar-refractivity contribution in [3.05, 3.63) is 65.0 Å². The average molecular weight is 249 g/mol. The van der Waals surface area contributed by atoms with E-state index in [0.29, 0.717) is 16.9 Å². The van der Waals surface area contributed by atoms with Crippen molar-refractivity contribution in [2.75, 3.05) is 5.73 Å². The highest BCUT2D eigenvalue weighted by molar-refractivity contribution is 5.81. The molecule has 0 aliphatic rings. The monoisotopic (exact) mass is 249 g/mol. The van der Waals surface area contributed by atoms with Gasteiger partial charge in [-0.25, -0.2) is 9.97 Å². The molecule has 0 aliphatic heterocycles. The van der Waals surface area contributed by atoms with Gasteiger partial charge < -0.3 is 5.73 Å². The van der Waals surface area contributed by atoms with Crippen LogP contribution in [0.4, 0.5) is 5.69 Å². The van der Waals surface area contributed by atoms with E-state index in [1.165, 1.54) is 6.07 Å². The topological polar surface area (TPSA) is 68.9 Å². The zero-order valence-electron chi connectivity index (χ0n) is 10.1. The smallest absolute Gasteiger partial charge is 0.202 e. The normalized spacial score (nSPS) is 10.5.